The number of aromatic nitrogens is 1. The third-order valence-electron chi connectivity index (χ3n) is 4.63. The van der Waals surface area contributed by atoms with Gasteiger partial charge in [-0.25, -0.2) is 4.98 Å². The van der Waals surface area contributed by atoms with E-state index in [-0.39, 0.29) is 11.6 Å². The van der Waals surface area contributed by atoms with Crippen LogP contribution in [0.4, 0.5) is 10.8 Å². The lowest BCUT2D eigenvalue weighted by Gasteiger charge is -2.38. The molecule has 2 aliphatic heterocycles. The van der Waals surface area contributed by atoms with Gasteiger partial charge in [-0.3, -0.25) is 9.59 Å². The molecule has 0 bridgehead atoms. The van der Waals surface area contributed by atoms with Gasteiger partial charge in [0.15, 0.2) is 5.13 Å². The first-order valence-corrected chi connectivity index (χ1v) is 8.39. The minimum absolute atomic E-state index is 0.0510. The monoisotopic (exact) mass is 328 g/mol. The average Bonchev–Trinajstić information content (AvgIpc) is 3.14. The van der Waals surface area contributed by atoms with Gasteiger partial charge in [0.05, 0.1) is 5.41 Å². The molecule has 6 nitrogen and oxygen atoms in total. The number of amides is 2. The van der Waals surface area contributed by atoms with Gasteiger partial charge in [0.1, 0.15) is 5.69 Å². The molecule has 23 heavy (non-hydrogen) atoms. The normalized spacial score (nSPS) is 23.0. The number of carbonyl (C=O) groups is 2. The van der Waals surface area contributed by atoms with Crippen LogP contribution in [0, 0.1) is 0 Å². The smallest absolute Gasteiger partial charge is 0.268 e. The maximum atomic E-state index is 12.7. The van der Waals surface area contributed by atoms with Crippen molar-refractivity contribution >= 4 is 34.0 Å². The topological polar surface area (TPSA) is 88.3 Å². The van der Waals surface area contributed by atoms with Crippen molar-refractivity contribution in [2.24, 2.45) is 5.73 Å². The number of nitrogens with zero attached hydrogens (tertiary/aromatic N) is 2. The third kappa shape index (κ3) is 2.11. The molecule has 0 saturated carbocycles. The lowest BCUT2D eigenvalue weighted by Crippen LogP contribution is -2.50. The Morgan fingerprint density at radius 1 is 1.39 bits per heavy atom. The number of rotatable bonds is 2. The Morgan fingerprint density at radius 2 is 2.22 bits per heavy atom. The van der Waals surface area contributed by atoms with Crippen molar-refractivity contribution in [1.82, 2.24) is 4.98 Å². The summed E-state index contributed by atoms with van der Waals surface area (Å²) in [7, 11) is 0. The third-order valence-corrected chi connectivity index (χ3v) is 5.53. The van der Waals surface area contributed by atoms with Crippen LogP contribution in [0.1, 0.15) is 28.9 Å². The molecule has 7 heteroatoms. The predicted molar refractivity (Wildman–Crippen MR) is 88.8 cm³/mol. The summed E-state index contributed by atoms with van der Waals surface area (Å²) < 4.78 is 0. The number of piperidine rings is 1. The Morgan fingerprint density at radius 3 is 3.00 bits per heavy atom. The summed E-state index contributed by atoms with van der Waals surface area (Å²) in [5.41, 5.74) is 6.98. The second-order valence-corrected chi connectivity index (χ2v) is 6.82. The fourth-order valence-electron chi connectivity index (χ4n) is 3.52. The van der Waals surface area contributed by atoms with E-state index >= 15 is 0 Å². The molecule has 4 rings (SSSR count). The number of anilines is 2. The number of para-hydroxylation sites is 1. The van der Waals surface area contributed by atoms with Crippen LogP contribution in [0.25, 0.3) is 0 Å². The highest BCUT2D eigenvalue weighted by molar-refractivity contribution is 7.13. The highest BCUT2D eigenvalue weighted by Crippen LogP contribution is 2.44. The van der Waals surface area contributed by atoms with Gasteiger partial charge >= 0.3 is 0 Å². The van der Waals surface area contributed by atoms with E-state index in [0.29, 0.717) is 6.54 Å². The highest BCUT2D eigenvalue weighted by Gasteiger charge is 2.49. The van der Waals surface area contributed by atoms with Crippen LogP contribution in [-0.2, 0) is 10.2 Å². The summed E-state index contributed by atoms with van der Waals surface area (Å²) in [6.45, 7) is 1.39. The van der Waals surface area contributed by atoms with E-state index in [0.717, 1.165) is 35.8 Å². The number of carbonyl (C=O) groups excluding carboxylic acids is 2. The summed E-state index contributed by atoms with van der Waals surface area (Å²) in [4.78, 5) is 30.3. The Hall–Kier alpha value is -2.41. The Labute approximate surface area is 137 Å². The molecule has 2 aromatic rings. The molecule has 0 radical (unpaired) electrons. The minimum Gasteiger partial charge on any atom is -0.364 e. The van der Waals surface area contributed by atoms with Gasteiger partial charge in [-0.15, -0.1) is 11.3 Å². The van der Waals surface area contributed by atoms with E-state index in [4.69, 9.17) is 5.73 Å². The largest absolute Gasteiger partial charge is 0.364 e. The summed E-state index contributed by atoms with van der Waals surface area (Å²) in [6.07, 6.45) is 1.72. The number of primary amides is 1. The molecule has 1 atom stereocenters. The summed E-state index contributed by atoms with van der Waals surface area (Å²) in [6, 6.07) is 7.86. The summed E-state index contributed by atoms with van der Waals surface area (Å²) >= 11 is 1.39. The molecule has 3 heterocycles. The first kappa shape index (κ1) is 14.2. The lowest BCUT2D eigenvalue weighted by atomic mass is 9.75. The Balaban J connectivity index is 1.69. The van der Waals surface area contributed by atoms with Gasteiger partial charge < -0.3 is 16.0 Å². The number of thiazole rings is 1. The van der Waals surface area contributed by atoms with Crippen molar-refractivity contribution in [2.75, 3.05) is 23.3 Å². The van der Waals surface area contributed by atoms with Gasteiger partial charge in [0.2, 0.25) is 5.91 Å². The maximum Gasteiger partial charge on any atom is 0.268 e. The van der Waals surface area contributed by atoms with Crippen molar-refractivity contribution < 1.29 is 9.59 Å². The van der Waals surface area contributed by atoms with Crippen LogP contribution in [0.3, 0.4) is 0 Å². The quantitative estimate of drug-likeness (QED) is 0.879. The number of hydrogen-bond donors (Lipinski definition) is 2. The van der Waals surface area contributed by atoms with Crippen molar-refractivity contribution in [3.05, 3.63) is 40.9 Å². The van der Waals surface area contributed by atoms with E-state index in [1.807, 2.05) is 24.3 Å². The average molecular weight is 328 g/mol. The van der Waals surface area contributed by atoms with E-state index in [1.54, 1.807) is 5.38 Å². The fourth-order valence-corrected chi connectivity index (χ4v) is 4.36. The Bertz CT molecular complexity index is 803. The SMILES string of the molecule is NC(=O)c1csc(N2CCCC3(C2)C(=O)Nc2ccccc23)n1. The van der Waals surface area contributed by atoms with Crippen molar-refractivity contribution in [3.63, 3.8) is 0 Å². The van der Waals surface area contributed by atoms with Gasteiger partial charge in [0, 0.05) is 24.2 Å². The van der Waals surface area contributed by atoms with Crippen molar-refractivity contribution in [3.8, 4) is 0 Å². The van der Waals surface area contributed by atoms with Crippen LogP contribution in [0.15, 0.2) is 29.6 Å². The van der Waals surface area contributed by atoms with Crippen LogP contribution in [0.5, 0.6) is 0 Å². The van der Waals surface area contributed by atoms with E-state index in [2.05, 4.69) is 15.2 Å². The molecule has 0 aliphatic carbocycles. The molecular weight excluding hydrogens is 312 g/mol. The Kier molecular flexibility index (Phi) is 3.12. The predicted octanol–water partition coefficient (Wildman–Crippen LogP) is 1.73. The summed E-state index contributed by atoms with van der Waals surface area (Å²) in [5.74, 6) is -0.474. The summed E-state index contributed by atoms with van der Waals surface area (Å²) in [5, 5.41) is 5.41. The van der Waals surface area contributed by atoms with Gasteiger partial charge in [-0.2, -0.15) is 0 Å². The zero-order chi connectivity index (χ0) is 16.0. The number of fused-ring (bicyclic) bond motifs is 2. The standard InChI is InChI=1S/C16H16N4O2S/c17-13(21)12-8-23-15(19-12)20-7-3-6-16(9-20)10-4-1-2-5-11(10)18-14(16)22/h1-2,4-5,8H,3,6-7,9H2,(H2,17,21)(H,18,22). The minimum atomic E-state index is -0.534. The molecule has 3 N–H and O–H groups in total. The van der Waals surface area contributed by atoms with Crippen LogP contribution in [-0.4, -0.2) is 29.9 Å². The maximum absolute atomic E-state index is 12.7. The molecule has 1 aromatic carbocycles. The van der Waals surface area contributed by atoms with Gasteiger partial charge in [-0.1, -0.05) is 18.2 Å². The molecule has 1 aromatic heterocycles. The number of nitrogens with two attached hydrogens (primary N) is 1. The molecule has 118 valence electrons. The first-order valence-electron chi connectivity index (χ1n) is 7.51. The van der Waals surface area contributed by atoms with Gasteiger partial charge in [-0.05, 0) is 24.5 Å². The van der Waals surface area contributed by atoms with E-state index < -0.39 is 11.3 Å². The fraction of sp³-hybridized carbons (Fsp3) is 0.312. The van der Waals surface area contributed by atoms with E-state index in [9.17, 15) is 9.59 Å². The van der Waals surface area contributed by atoms with Crippen LogP contribution in [0.2, 0.25) is 0 Å². The molecule has 1 spiro atoms. The number of benzene rings is 1. The molecule has 2 amide bonds. The zero-order valence-corrected chi connectivity index (χ0v) is 13.2. The molecular formula is C16H16N4O2S. The van der Waals surface area contributed by atoms with E-state index in [1.165, 1.54) is 11.3 Å². The van der Waals surface area contributed by atoms with Crippen molar-refractivity contribution in [2.45, 2.75) is 18.3 Å². The molecule has 1 saturated heterocycles. The first-order chi connectivity index (χ1) is 11.1. The second-order valence-electron chi connectivity index (χ2n) is 5.99. The number of nitrogens with one attached hydrogen (secondary N) is 1. The zero-order valence-electron chi connectivity index (χ0n) is 12.4. The molecule has 1 fully saturated rings. The molecule has 2 aliphatic rings. The number of hydrogen-bond acceptors (Lipinski definition) is 5. The second kappa shape index (κ2) is 5.06. The highest BCUT2D eigenvalue weighted by atomic mass is 32.1. The van der Waals surface area contributed by atoms with Gasteiger partial charge in [0.25, 0.3) is 5.91 Å². The van der Waals surface area contributed by atoms with Crippen LogP contribution >= 0.6 is 11.3 Å². The van der Waals surface area contributed by atoms with Crippen LogP contribution < -0.4 is 16.0 Å². The molecule has 1 unspecified atom stereocenters. The lowest BCUT2D eigenvalue weighted by molar-refractivity contribution is -0.121. The van der Waals surface area contributed by atoms with Crippen molar-refractivity contribution in [1.29, 1.82) is 0 Å².